The maximum absolute atomic E-state index is 11.8. The summed E-state index contributed by atoms with van der Waals surface area (Å²) in [6.45, 7) is 8.96. The van der Waals surface area contributed by atoms with Crippen LogP contribution < -0.4 is 0 Å². The zero-order valence-corrected chi connectivity index (χ0v) is 15.5. The number of hydrogen-bond donors (Lipinski definition) is 3. The van der Waals surface area contributed by atoms with Gasteiger partial charge in [0.05, 0.1) is 43.4 Å². The summed E-state index contributed by atoms with van der Waals surface area (Å²) in [6, 6.07) is 0. The minimum absolute atomic E-state index is 0.183. The lowest BCUT2D eigenvalue weighted by atomic mass is 9.92. The smallest absolute Gasteiger partial charge is 0.311 e. The molecular formula is C17H32O7. The predicted octanol–water partition coefficient (Wildman–Crippen LogP) is 0.743. The van der Waals surface area contributed by atoms with E-state index in [-0.39, 0.29) is 13.2 Å². The number of esters is 2. The Bertz CT molecular complexity index is 368. The Kier molecular flexibility index (Phi) is 8.88. The molecule has 7 heteroatoms. The van der Waals surface area contributed by atoms with Gasteiger partial charge in [0, 0.05) is 11.8 Å². The number of carbonyl (C=O) groups is 2. The minimum atomic E-state index is -1.18. The van der Waals surface area contributed by atoms with Crippen LogP contribution in [0, 0.1) is 22.7 Å². The summed E-state index contributed by atoms with van der Waals surface area (Å²) in [5, 5.41) is 29.1. The lowest BCUT2D eigenvalue weighted by Crippen LogP contribution is -2.40. The Balaban J connectivity index is 4.69. The lowest BCUT2D eigenvalue weighted by molar-refractivity contribution is -0.159. The SMILES string of the molecule is CC(C)(C)C(=O)OC[C@@H](CO)C(O)[C@@H](CO)COC(=O)C(C)(C)C. The van der Waals surface area contributed by atoms with Gasteiger partial charge in [-0.25, -0.2) is 0 Å². The molecule has 0 saturated heterocycles. The highest BCUT2D eigenvalue weighted by Gasteiger charge is 2.32. The van der Waals surface area contributed by atoms with E-state index in [9.17, 15) is 24.9 Å². The summed E-state index contributed by atoms with van der Waals surface area (Å²) in [5.74, 6) is -2.45. The fourth-order valence-corrected chi connectivity index (χ4v) is 1.70. The molecule has 3 atom stereocenters. The number of aliphatic hydroxyl groups excluding tert-OH is 3. The third-order valence-corrected chi connectivity index (χ3v) is 3.52. The molecule has 0 aliphatic rings. The van der Waals surface area contributed by atoms with E-state index < -0.39 is 53.9 Å². The van der Waals surface area contributed by atoms with Crippen molar-refractivity contribution in [2.24, 2.45) is 22.7 Å². The van der Waals surface area contributed by atoms with Gasteiger partial charge >= 0.3 is 11.9 Å². The largest absolute Gasteiger partial charge is 0.465 e. The third kappa shape index (κ3) is 7.59. The number of hydrogen-bond acceptors (Lipinski definition) is 7. The highest BCUT2D eigenvalue weighted by Crippen LogP contribution is 2.20. The average Bonchev–Trinajstić information content (AvgIpc) is 2.45. The van der Waals surface area contributed by atoms with Crippen LogP contribution in [0.3, 0.4) is 0 Å². The van der Waals surface area contributed by atoms with Gasteiger partial charge in [-0.05, 0) is 41.5 Å². The van der Waals surface area contributed by atoms with E-state index in [2.05, 4.69) is 0 Å². The predicted molar refractivity (Wildman–Crippen MR) is 88.0 cm³/mol. The normalized spacial score (nSPS) is 16.2. The molecule has 24 heavy (non-hydrogen) atoms. The highest BCUT2D eigenvalue weighted by molar-refractivity contribution is 5.75. The van der Waals surface area contributed by atoms with E-state index in [1.807, 2.05) is 0 Å². The van der Waals surface area contributed by atoms with E-state index >= 15 is 0 Å². The maximum Gasteiger partial charge on any atom is 0.311 e. The first-order chi connectivity index (χ1) is 10.8. The summed E-state index contributed by atoms with van der Waals surface area (Å²) in [5.41, 5.74) is -1.38. The molecule has 0 amide bonds. The Morgan fingerprint density at radius 2 is 1.08 bits per heavy atom. The molecule has 0 heterocycles. The van der Waals surface area contributed by atoms with Crippen molar-refractivity contribution in [3.63, 3.8) is 0 Å². The van der Waals surface area contributed by atoms with Crippen LogP contribution in [0.1, 0.15) is 41.5 Å². The molecule has 3 N–H and O–H groups in total. The van der Waals surface area contributed by atoms with Crippen molar-refractivity contribution in [1.29, 1.82) is 0 Å². The molecule has 1 unspecified atom stereocenters. The fourth-order valence-electron chi connectivity index (χ4n) is 1.70. The lowest BCUT2D eigenvalue weighted by Gasteiger charge is -2.29. The molecule has 142 valence electrons. The van der Waals surface area contributed by atoms with Crippen molar-refractivity contribution in [3.8, 4) is 0 Å². The first kappa shape index (κ1) is 22.8. The van der Waals surface area contributed by atoms with Crippen molar-refractivity contribution in [2.45, 2.75) is 47.6 Å². The monoisotopic (exact) mass is 348 g/mol. The van der Waals surface area contributed by atoms with Crippen molar-refractivity contribution >= 4 is 11.9 Å². The van der Waals surface area contributed by atoms with Crippen LogP contribution in [0.2, 0.25) is 0 Å². The molecule has 7 nitrogen and oxygen atoms in total. The Morgan fingerprint density at radius 3 is 1.29 bits per heavy atom. The van der Waals surface area contributed by atoms with Gasteiger partial charge in [-0.1, -0.05) is 0 Å². The molecule has 0 saturated carbocycles. The van der Waals surface area contributed by atoms with Crippen molar-refractivity contribution in [3.05, 3.63) is 0 Å². The summed E-state index contributed by atoms with van der Waals surface area (Å²) >= 11 is 0. The number of rotatable bonds is 8. The van der Waals surface area contributed by atoms with E-state index in [1.54, 1.807) is 41.5 Å². The molecule has 0 aromatic heterocycles. The fraction of sp³-hybridized carbons (Fsp3) is 0.882. The van der Waals surface area contributed by atoms with Crippen LogP contribution in [0.5, 0.6) is 0 Å². The molecule has 0 aliphatic carbocycles. The van der Waals surface area contributed by atoms with E-state index in [4.69, 9.17) is 9.47 Å². The molecule has 0 fully saturated rings. The standard InChI is InChI=1S/C17H32O7/c1-16(2,3)14(21)23-9-11(7-18)13(20)12(8-19)10-24-15(22)17(4,5)6/h11-13,18-20H,7-10H2,1-6H3/t11-,12+,13?. The molecule has 0 spiro atoms. The zero-order valence-electron chi connectivity index (χ0n) is 15.5. The highest BCUT2D eigenvalue weighted by atomic mass is 16.5. The van der Waals surface area contributed by atoms with Crippen molar-refractivity contribution < 1.29 is 34.4 Å². The van der Waals surface area contributed by atoms with Crippen LogP contribution >= 0.6 is 0 Å². The summed E-state index contributed by atoms with van der Waals surface area (Å²) in [4.78, 5) is 23.5. The molecule has 0 aromatic rings. The number of aliphatic hydroxyl groups is 3. The molecule has 0 radical (unpaired) electrons. The van der Waals surface area contributed by atoms with Crippen LogP contribution in [0.4, 0.5) is 0 Å². The molecule has 0 bridgehead atoms. The van der Waals surface area contributed by atoms with E-state index in [1.165, 1.54) is 0 Å². The van der Waals surface area contributed by atoms with Crippen LogP contribution in [0.25, 0.3) is 0 Å². The van der Waals surface area contributed by atoms with Gasteiger partial charge in [0.2, 0.25) is 0 Å². The quantitative estimate of drug-likeness (QED) is 0.555. The topological polar surface area (TPSA) is 113 Å². The van der Waals surface area contributed by atoms with E-state index in [0.29, 0.717) is 0 Å². The van der Waals surface area contributed by atoms with Gasteiger partial charge in [0.1, 0.15) is 0 Å². The van der Waals surface area contributed by atoms with E-state index in [0.717, 1.165) is 0 Å². The van der Waals surface area contributed by atoms with Gasteiger partial charge in [0.25, 0.3) is 0 Å². The summed E-state index contributed by atoms with van der Waals surface area (Å²) in [7, 11) is 0. The average molecular weight is 348 g/mol. The Hall–Kier alpha value is -1.18. The zero-order chi connectivity index (χ0) is 19.1. The summed E-state index contributed by atoms with van der Waals surface area (Å²) < 4.78 is 10.2. The second kappa shape index (κ2) is 9.34. The summed E-state index contributed by atoms with van der Waals surface area (Å²) in [6.07, 6.45) is -1.18. The Labute approximate surface area is 144 Å². The molecular weight excluding hydrogens is 316 g/mol. The second-order valence-corrected chi connectivity index (χ2v) is 8.07. The molecule has 0 aliphatic heterocycles. The first-order valence-corrected chi connectivity index (χ1v) is 8.08. The van der Waals surface area contributed by atoms with Crippen LogP contribution in [-0.4, -0.2) is 59.8 Å². The van der Waals surface area contributed by atoms with Gasteiger partial charge in [-0.15, -0.1) is 0 Å². The molecule has 0 rings (SSSR count). The second-order valence-electron chi connectivity index (χ2n) is 8.07. The van der Waals surface area contributed by atoms with Gasteiger partial charge < -0.3 is 24.8 Å². The van der Waals surface area contributed by atoms with Crippen molar-refractivity contribution in [1.82, 2.24) is 0 Å². The molecule has 0 aromatic carbocycles. The Morgan fingerprint density at radius 1 is 0.792 bits per heavy atom. The van der Waals surface area contributed by atoms with Gasteiger partial charge in [0.15, 0.2) is 0 Å². The first-order valence-electron chi connectivity index (χ1n) is 8.08. The number of ether oxygens (including phenoxy) is 2. The number of carbonyl (C=O) groups excluding carboxylic acids is 2. The van der Waals surface area contributed by atoms with Crippen LogP contribution in [-0.2, 0) is 19.1 Å². The van der Waals surface area contributed by atoms with Gasteiger partial charge in [-0.2, -0.15) is 0 Å². The third-order valence-electron chi connectivity index (χ3n) is 3.52. The van der Waals surface area contributed by atoms with Crippen molar-refractivity contribution in [2.75, 3.05) is 26.4 Å². The van der Waals surface area contributed by atoms with Gasteiger partial charge in [-0.3, -0.25) is 9.59 Å². The minimum Gasteiger partial charge on any atom is -0.465 e. The maximum atomic E-state index is 11.8. The van der Waals surface area contributed by atoms with Crippen LogP contribution in [0.15, 0.2) is 0 Å².